The standard InChI is InChI=1S/C26H32N6O/c1-2-30-13-15-31(16-14-30)24-10-9-20(18-27-24)19-28-26(33)22-17-21-7-3-4-8-23(21)29-25(22)32-11-5-6-12-32/h3-4,7-10,17-18H,2,5-6,11-16,19H2,1H3,(H,28,33). The second-order valence-corrected chi connectivity index (χ2v) is 8.88. The second-order valence-electron chi connectivity index (χ2n) is 8.88. The lowest BCUT2D eigenvalue weighted by atomic mass is 10.1. The van der Waals surface area contributed by atoms with Crippen molar-refractivity contribution in [2.45, 2.75) is 26.3 Å². The summed E-state index contributed by atoms with van der Waals surface area (Å²) < 4.78 is 0. The van der Waals surface area contributed by atoms with E-state index in [1.165, 1.54) is 0 Å². The molecular weight excluding hydrogens is 412 g/mol. The minimum Gasteiger partial charge on any atom is -0.356 e. The van der Waals surface area contributed by atoms with Gasteiger partial charge in [-0.05, 0) is 43.1 Å². The molecule has 7 heteroatoms. The summed E-state index contributed by atoms with van der Waals surface area (Å²) in [6.45, 7) is 9.82. The molecule has 3 aromatic rings. The number of pyridine rings is 2. The van der Waals surface area contributed by atoms with E-state index >= 15 is 0 Å². The van der Waals surface area contributed by atoms with Crippen molar-refractivity contribution in [1.29, 1.82) is 0 Å². The first-order chi connectivity index (χ1) is 16.2. The van der Waals surface area contributed by atoms with Crippen molar-refractivity contribution in [2.24, 2.45) is 0 Å². The van der Waals surface area contributed by atoms with Crippen LogP contribution >= 0.6 is 0 Å². The molecular formula is C26H32N6O. The Morgan fingerprint density at radius 2 is 1.76 bits per heavy atom. The number of carbonyl (C=O) groups is 1. The Balaban J connectivity index is 1.27. The van der Waals surface area contributed by atoms with Crippen LogP contribution in [0.15, 0.2) is 48.7 Å². The van der Waals surface area contributed by atoms with Gasteiger partial charge in [0.05, 0.1) is 11.1 Å². The summed E-state index contributed by atoms with van der Waals surface area (Å²) in [6.07, 6.45) is 4.16. The van der Waals surface area contributed by atoms with E-state index in [9.17, 15) is 4.79 Å². The van der Waals surface area contributed by atoms with Crippen molar-refractivity contribution in [1.82, 2.24) is 20.2 Å². The van der Waals surface area contributed by atoms with E-state index in [1.54, 1.807) is 0 Å². The molecule has 5 rings (SSSR count). The van der Waals surface area contributed by atoms with Crippen molar-refractivity contribution in [2.75, 3.05) is 55.6 Å². The number of rotatable bonds is 6. The Kier molecular flexibility index (Phi) is 6.39. The molecule has 2 aromatic heterocycles. The number of anilines is 2. The maximum atomic E-state index is 13.2. The number of nitrogens with zero attached hydrogens (tertiary/aromatic N) is 5. The van der Waals surface area contributed by atoms with Crippen LogP contribution in [-0.2, 0) is 6.54 Å². The van der Waals surface area contributed by atoms with Crippen molar-refractivity contribution < 1.29 is 4.79 Å². The fourth-order valence-corrected chi connectivity index (χ4v) is 4.72. The van der Waals surface area contributed by atoms with Gasteiger partial charge in [0.2, 0.25) is 0 Å². The lowest BCUT2D eigenvalue weighted by Crippen LogP contribution is -2.46. The van der Waals surface area contributed by atoms with Crippen LogP contribution in [-0.4, -0.2) is 66.6 Å². The number of carbonyl (C=O) groups excluding carboxylic acids is 1. The molecule has 0 aliphatic carbocycles. The minimum absolute atomic E-state index is 0.0880. The zero-order chi connectivity index (χ0) is 22.6. The average Bonchev–Trinajstić information content (AvgIpc) is 3.42. The van der Waals surface area contributed by atoms with Gasteiger partial charge in [-0.15, -0.1) is 0 Å². The van der Waals surface area contributed by atoms with Crippen LogP contribution in [0, 0.1) is 0 Å². The molecule has 1 N–H and O–H groups in total. The summed E-state index contributed by atoms with van der Waals surface area (Å²) in [5, 5.41) is 4.08. The van der Waals surface area contributed by atoms with E-state index in [2.05, 4.69) is 44.1 Å². The van der Waals surface area contributed by atoms with E-state index < -0.39 is 0 Å². The van der Waals surface area contributed by atoms with Crippen molar-refractivity contribution >= 4 is 28.4 Å². The topological polar surface area (TPSA) is 64.6 Å². The van der Waals surface area contributed by atoms with Gasteiger partial charge in [-0.25, -0.2) is 9.97 Å². The number of piperazine rings is 1. The van der Waals surface area contributed by atoms with Crippen molar-refractivity contribution in [3.05, 3.63) is 59.8 Å². The first kappa shape index (κ1) is 21.6. The number of nitrogens with one attached hydrogen (secondary N) is 1. The fraction of sp³-hybridized carbons (Fsp3) is 0.423. The summed E-state index contributed by atoms with van der Waals surface area (Å²) in [6, 6.07) is 14.1. The minimum atomic E-state index is -0.0880. The first-order valence-electron chi connectivity index (χ1n) is 12.1. The molecule has 0 spiro atoms. The molecule has 1 amide bonds. The third-order valence-electron chi connectivity index (χ3n) is 6.76. The highest BCUT2D eigenvalue weighted by molar-refractivity contribution is 6.02. The van der Waals surface area contributed by atoms with Crippen LogP contribution in [0.5, 0.6) is 0 Å². The summed E-state index contributed by atoms with van der Waals surface area (Å²) in [5.74, 6) is 1.72. The number of likely N-dealkylation sites (N-methyl/N-ethyl adjacent to an activating group) is 1. The van der Waals surface area contributed by atoms with Crippen LogP contribution in [0.3, 0.4) is 0 Å². The zero-order valence-corrected chi connectivity index (χ0v) is 19.3. The van der Waals surface area contributed by atoms with Crippen LogP contribution in [0.4, 0.5) is 11.6 Å². The molecule has 2 aliphatic heterocycles. The fourth-order valence-electron chi connectivity index (χ4n) is 4.72. The Morgan fingerprint density at radius 1 is 0.970 bits per heavy atom. The first-order valence-corrected chi connectivity index (χ1v) is 12.1. The number of fused-ring (bicyclic) bond motifs is 1. The molecule has 0 saturated carbocycles. The third kappa shape index (κ3) is 4.78. The van der Waals surface area contributed by atoms with E-state index in [0.29, 0.717) is 12.1 Å². The summed E-state index contributed by atoms with van der Waals surface area (Å²) in [7, 11) is 0. The van der Waals surface area contributed by atoms with Crippen molar-refractivity contribution in [3.8, 4) is 0 Å². The Morgan fingerprint density at radius 3 is 2.48 bits per heavy atom. The highest BCUT2D eigenvalue weighted by Gasteiger charge is 2.22. The normalized spacial score (nSPS) is 17.0. The van der Waals surface area contributed by atoms with Crippen LogP contribution < -0.4 is 15.1 Å². The Bertz CT molecular complexity index is 1100. The monoisotopic (exact) mass is 444 g/mol. The van der Waals surface area contributed by atoms with Gasteiger partial charge >= 0.3 is 0 Å². The summed E-state index contributed by atoms with van der Waals surface area (Å²) in [4.78, 5) is 29.7. The van der Waals surface area contributed by atoms with Gasteiger partial charge < -0.3 is 20.0 Å². The highest BCUT2D eigenvalue weighted by atomic mass is 16.1. The van der Waals surface area contributed by atoms with Crippen molar-refractivity contribution in [3.63, 3.8) is 0 Å². The molecule has 4 heterocycles. The number of benzene rings is 1. The number of aromatic nitrogens is 2. The zero-order valence-electron chi connectivity index (χ0n) is 19.3. The van der Waals surface area contributed by atoms with Crippen LogP contribution in [0.25, 0.3) is 10.9 Å². The van der Waals surface area contributed by atoms with Gasteiger partial charge in [-0.3, -0.25) is 4.79 Å². The molecule has 0 unspecified atom stereocenters. The Labute approximate surface area is 195 Å². The van der Waals surface area contributed by atoms with Gasteiger partial charge in [0.25, 0.3) is 5.91 Å². The third-order valence-corrected chi connectivity index (χ3v) is 6.76. The lowest BCUT2D eigenvalue weighted by molar-refractivity contribution is 0.0951. The van der Waals surface area contributed by atoms with Crippen LogP contribution in [0.2, 0.25) is 0 Å². The van der Waals surface area contributed by atoms with Gasteiger partial charge in [0.15, 0.2) is 0 Å². The lowest BCUT2D eigenvalue weighted by Gasteiger charge is -2.34. The van der Waals surface area contributed by atoms with Gasteiger partial charge in [0.1, 0.15) is 11.6 Å². The number of para-hydroxylation sites is 1. The van der Waals surface area contributed by atoms with Gasteiger partial charge in [0, 0.05) is 57.4 Å². The number of hydrogen-bond donors (Lipinski definition) is 1. The second kappa shape index (κ2) is 9.75. The molecule has 1 aromatic carbocycles. The molecule has 33 heavy (non-hydrogen) atoms. The summed E-state index contributed by atoms with van der Waals surface area (Å²) in [5.41, 5.74) is 2.57. The molecule has 0 atom stereocenters. The van der Waals surface area contributed by atoms with E-state index in [4.69, 9.17) is 4.98 Å². The van der Waals surface area contributed by atoms with Gasteiger partial charge in [-0.2, -0.15) is 0 Å². The maximum absolute atomic E-state index is 13.2. The molecule has 2 aliphatic rings. The molecule has 0 bridgehead atoms. The predicted octanol–water partition coefficient (Wildman–Crippen LogP) is 3.30. The van der Waals surface area contributed by atoms with E-state index in [1.807, 2.05) is 36.5 Å². The number of amides is 1. The molecule has 172 valence electrons. The molecule has 7 nitrogen and oxygen atoms in total. The number of hydrogen-bond acceptors (Lipinski definition) is 6. The largest absolute Gasteiger partial charge is 0.356 e. The van der Waals surface area contributed by atoms with Crippen LogP contribution in [0.1, 0.15) is 35.7 Å². The SMILES string of the molecule is CCN1CCN(c2ccc(CNC(=O)c3cc4ccccc4nc3N3CCCC3)cn2)CC1. The molecule has 2 fully saturated rings. The highest BCUT2D eigenvalue weighted by Crippen LogP contribution is 2.26. The maximum Gasteiger partial charge on any atom is 0.255 e. The quantitative estimate of drug-likeness (QED) is 0.629. The average molecular weight is 445 g/mol. The van der Waals surface area contributed by atoms with E-state index in [0.717, 1.165) is 86.8 Å². The summed E-state index contributed by atoms with van der Waals surface area (Å²) >= 11 is 0. The Hall–Kier alpha value is -3.19. The van der Waals surface area contributed by atoms with E-state index in [-0.39, 0.29) is 5.91 Å². The molecule has 2 saturated heterocycles. The molecule has 0 radical (unpaired) electrons. The van der Waals surface area contributed by atoms with Gasteiger partial charge in [-0.1, -0.05) is 31.2 Å². The smallest absolute Gasteiger partial charge is 0.255 e. The predicted molar refractivity (Wildman–Crippen MR) is 133 cm³/mol.